The molecule has 3 amide bonds. The van der Waals surface area contributed by atoms with Crippen molar-refractivity contribution in [3.63, 3.8) is 0 Å². The molecule has 1 N–H and O–H groups in total. The van der Waals surface area contributed by atoms with Gasteiger partial charge in [-0.2, -0.15) is 0 Å². The molecule has 0 radical (unpaired) electrons. The third kappa shape index (κ3) is 5.39. The molecule has 24 heavy (non-hydrogen) atoms. The first kappa shape index (κ1) is 18.5. The Bertz CT molecular complexity index is 481. The molecule has 1 atom stereocenters. The summed E-state index contributed by atoms with van der Waals surface area (Å²) in [6.45, 7) is 7.56. The van der Waals surface area contributed by atoms with E-state index < -0.39 is 17.7 Å². The zero-order valence-electron chi connectivity index (χ0n) is 15.0. The van der Waals surface area contributed by atoms with Crippen LogP contribution in [0.15, 0.2) is 0 Å². The quantitative estimate of drug-likeness (QED) is 0.845. The van der Waals surface area contributed by atoms with Crippen LogP contribution < -0.4 is 5.32 Å². The highest BCUT2D eigenvalue weighted by atomic mass is 16.6. The summed E-state index contributed by atoms with van der Waals surface area (Å²) in [5.74, 6) is -0.190. The number of nitrogens with zero attached hydrogens (tertiary/aromatic N) is 2. The van der Waals surface area contributed by atoms with Gasteiger partial charge in [0.15, 0.2) is 0 Å². The van der Waals surface area contributed by atoms with Crippen molar-refractivity contribution >= 4 is 17.9 Å². The third-order valence-corrected chi connectivity index (χ3v) is 4.26. The van der Waals surface area contributed by atoms with E-state index in [1.165, 1.54) is 0 Å². The van der Waals surface area contributed by atoms with Gasteiger partial charge in [0.25, 0.3) is 0 Å². The van der Waals surface area contributed by atoms with Gasteiger partial charge in [-0.1, -0.05) is 0 Å². The predicted octanol–water partition coefficient (Wildman–Crippen LogP) is 1.51. The molecular weight excluding hydrogens is 310 g/mol. The van der Waals surface area contributed by atoms with E-state index in [0.29, 0.717) is 13.0 Å². The van der Waals surface area contributed by atoms with Crippen molar-refractivity contribution in [3.05, 3.63) is 0 Å². The van der Waals surface area contributed by atoms with E-state index in [1.807, 2.05) is 4.90 Å². The number of alkyl carbamates (subject to hydrolysis) is 1. The summed E-state index contributed by atoms with van der Waals surface area (Å²) in [4.78, 5) is 40.3. The second-order valence-corrected chi connectivity index (χ2v) is 7.54. The van der Waals surface area contributed by atoms with Gasteiger partial charge in [0.05, 0.1) is 6.54 Å². The minimum Gasteiger partial charge on any atom is -0.444 e. The summed E-state index contributed by atoms with van der Waals surface area (Å²) >= 11 is 0. The zero-order chi connectivity index (χ0) is 17.7. The first-order valence-corrected chi connectivity index (χ1v) is 8.82. The van der Waals surface area contributed by atoms with Gasteiger partial charge in [-0.3, -0.25) is 9.59 Å². The minimum atomic E-state index is -0.617. The van der Waals surface area contributed by atoms with Gasteiger partial charge in [-0.15, -0.1) is 0 Å². The second-order valence-electron chi connectivity index (χ2n) is 7.54. The molecule has 7 nitrogen and oxygen atoms in total. The van der Waals surface area contributed by atoms with Gasteiger partial charge in [-0.25, -0.2) is 4.79 Å². The van der Waals surface area contributed by atoms with Crippen LogP contribution >= 0.6 is 0 Å². The monoisotopic (exact) mass is 339 g/mol. The number of likely N-dealkylation sites (tertiary alicyclic amines) is 2. The number of hydrogen-bond acceptors (Lipinski definition) is 4. The Balaban J connectivity index is 1.93. The van der Waals surface area contributed by atoms with E-state index in [0.717, 1.165) is 38.8 Å². The van der Waals surface area contributed by atoms with Crippen molar-refractivity contribution < 1.29 is 19.1 Å². The Hall–Kier alpha value is -1.79. The first-order chi connectivity index (χ1) is 11.3. The van der Waals surface area contributed by atoms with Crippen molar-refractivity contribution in [1.29, 1.82) is 0 Å². The van der Waals surface area contributed by atoms with Crippen molar-refractivity contribution in [2.24, 2.45) is 0 Å². The van der Waals surface area contributed by atoms with E-state index in [1.54, 1.807) is 25.7 Å². The summed E-state index contributed by atoms with van der Waals surface area (Å²) in [6, 6.07) is -0.617. The van der Waals surface area contributed by atoms with Crippen LogP contribution in [0.4, 0.5) is 4.79 Å². The Labute approximate surface area is 143 Å². The molecule has 0 aromatic rings. The topological polar surface area (TPSA) is 79.0 Å². The molecule has 2 rings (SSSR count). The van der Waals surface area contributed by atoms with Crippen LogP contribution in [0.25, 0.3) is 0 Å². The van der Waals surface area contributed by atoms with E-state index >= 15 is 0 Å². The van der Waals surface area contributed by atoms with Crippen molar-refractivity contribution in [1.82, 2.24) is 15.1 Å². The molecule has 2 fully saturated rings. The van der Waals surface area contributed by atoms with Gasteiger partial charge in [0.1, 0.15) is 11.6 Å². The zero-order valence-corrected chi connectivity index (χ0v) is 15.0. The number of nitrogens with one attached hydrogen (secondary N) is 1. The highest BCUT2D eigenvalue weighted by Gasteiger charge is 2.32. The van der Waals surface area contributed by atoms with Crippen LogP contribution in [0.1, 0.15) is 52.9 Å². The fourth-order valence-corrected chi connectivity index (χ4v) is 3.08. The lowest BCUT2D eigenvalue weighted by atomic mass is 10.1. The standard InChI is InChI=1S/C17H29N3O4/c1-17(2,3)24-16(23)18-13-8-4-5-11-20(15(13)22)12-14(21)19-9-6-7-10-19/h13H,4-12H2,1-3H3,(H,18,23)/t13-/m1/s1. The van der Waals surface area contributed by atoms with Crippen LogP contribution in [-0.2, 0) is 14.3 Å². The van der Waals surface area contributed by atoms with Gasteiger partial charge in [0, 0.05) is 19.6 Å². The highest BCUT2D eigenvalue weighted by Crippen LogP contribution is 2.15. The lowest BCUT2D eigenvalue weighted by Crippen LogP contribution is -2.51. The maximum atomic E-state index is 12.7. The number of carbonyl (C=O) groups is 3. The van der Waals surface area contributed by atoms with Gasteiger partial charge < -0.3 is 19.9 Å². The number of carbonyl (C=O) groups excluding carboxylic acids is 3. The maximum Gasteiger partial charge on any atom is 0.408 e. The van der Waals surface area contributed by atoms with Crippen LogP contribution in [0.5, 0.6) is 0 Å². The Morgan fingerprint density at radius 3 is 2.38 bits per heavy atom. The van der Waals surface area contributed by atoms with E-state index in [2.05, 4.69) is 5.32 Å². The summed E-state index contributed by atoms with van der Waals surface area (Å²) in [7, 11) is 0. The maximum absolute atomic E-state index is 12.7. The van der Waals surface area contributed by atoms with Crippen molar-refractivity contribution in [2.45, 2.75) is 64.5 Å². The fourth-order valence-electron chi connectivity index (χ4n) is 3.08. The summed E-state index contributed by atoms with van der Waals surface area (Å²) < 4.78 is 5.23. The first-order valence-electron chi connectivity index (χ1n) is 8.82. The molecule has 2 aliphatic rings. The number of rotatable bonds is 3. The average Bonchev–Trinajstić information content (AvgIpc) is 2.95. The minimum absolute atomic E-state index is 0.00114. The molecule has 2 aliphatic heterocycles. The third-order valence-electron chi connectivity index (χ3n) is 4.26. The molecule has 2 heterocycles. The van der Waals surface area contributed by atoms with Crippen LogP contribution in [-0.4, -0.2) is 65.5 Å². The largest absolute Gasteiger partial charge is 0.444 e. The van der Waals surface area contributed by atoms with Gasteiger partial charge in [0.2, 0.25) is 11.8 Å². The Morgan fingerprint density at radius 2 is 1.75 bits per heavy atom. The number of amides is 3. The molecule has 0 aromatic carbocycles. The lowest BCUT2D eigenvalue weighted by molar-refractivity contribution is -0.140. The molecule has 0 bridgehead atoms. The lowest BCUT2D eigenvalue weighted by Gasteiger charge is -2.27. The van der Waals surface area contributed by atoms with Crippen LogP contribution in [0, 0.1) is 0 Å². The Morgan fingerprint density at radius 1 is 1.12 bits per heavy atom. The summed E-state index contributed by atoms with van der Waals surface area (Å²) in [5.41, 5.74) is -0.608. The van der Waals surface area contributed by atoms with Crippen molar-refractivity contribution in [2.75, 3.05) is 26.2 Å². The van der Waals surface area contributed by atoms with Crippen molar-refractivity contribution in [3.8, 4) is 0 Å². The van der Waals surface area contributed by atoms with E-state index in [-0.39, 0.29) is 18.4 Å². The molecule has 0 aliphatic carbocycles. The van der Waals surface area contributed by atoms with E-state index in [9.17, 15) is 14.4 Å². The number of ether oxygens (including phenoxy) is 1. The molecule has 0 spiro atoms. The van der Waals surface area contributed by atoms with Gasteiger partial charge in [-0.05, 0) is 52.9 Å². The number of hydrogen-bond donors (Lipinski definition) is 1. The normalized spacial score (nSPS) is 22.3. The molecule has 136 valence electrons. The average molecular weight is 339 g/mol. The predicted molar refractivity (Wildman–Crippen MR) is 89.4 cm³/mol. The summed E-state index contributed by atoms with van der Waals surface area (Å²) in [6.07, 6.45) is 3.72. The fraction of sp³-hybridized carbons (Fsp3) is 0.824. The molecule has 0 saturated carbocycles. The second kappa shape index (κ2) is 7.85. The highest BCUT2D eigenvalue weighted by molar-refractivity contribution is 5.89. The smallest absolute Gasteiger partial charge is 0.408 e. The summed E-state index contributed by atoms with van der Waals surface area (Å²) in [5, 5.41) is 2.66. The molecule has 0 aromatic heterocycles. The Kier molecular flexibility index (Phi) is 6.07. The molecule has 0 unspecified atom stereocenters. The SMILES string of the molecule is CC(C)(C)OC(=O)N[C@@H]1CCCCN(CC(=O)N2CCCC2)C1=O. The van der Waals surface area contributed by atoms with Gasteiger partial charge >= 0.3 is 6.09 Å². The molecular formula is C17H29N3O4. The van der Waals surface area contributed by atoms with Crippen LogP contribution in [0.2, 0.25) is 0 Å². The van der Waals surface area contributed by atoms with Crippen LogP contribution in [0.3, 0.4) is 0 Å². The molecule has 7 heteroatoms. The van der Waals surface area contributed by atoms with E-state index in [4.69, 9.17) is 4.74 Å². The molecule has 2 saturated heterocycles.